The molecule has 0 spiro atoms. The number of halogens is 1. The molecule has 1 fully saturated rings. The Morgan fingerprint density at radius 2 is 2.20 bits per heavy atom. The lowest BCUT2D eigenvalue weighted by Gasteiger charge is -2.31. The summed E-state index contributed by atoms with van der Waals surface area (Å²) < 4.78 is 6.44. The van der Waals surface area contributed by atoms with Gasteiger partial charge in [0.1, 0.15) is 5.41 Å². The van der Waals surface area contributed by atoms with Crippen molar-refractivity contribution in [1.29, 1.82) is 5.26 Å². The number of benzene rings is 1. The van der Waals surface area contributed by atoms with Crippen LogP contribution in [-0.2, 0) is 10.2 Å². The molecule has 2 rings (SSSR count). The molecule has 15 heavy (non-hydrogen) atoms. The van der Waals surface area contributed by atoms with E-state index in [1.165, 1.54) is 0 Å². The Hall–Kier alpha value is -0.850. The van der Waals surface area contributed by atoms with Gasteiger partial charge in [-0.3, -0.25) is 0 Å². The highest BCUT2D eigenvalue weighted by molar-refractivity contribution is 9.10. The van der Waals surface area contributed by atoms with E-state index in [0.717, 1.165) is 29.5 Å². The van der Waals surface area contributed by atoms with Crippen LogP contribution in [0.15, 0.2) is 28.7 Å². The van der Waals surface area contributed by atoms with E-state index in [2.05, 4.69) is 22.0 Å². The van der Waals surface area contributed by atoms with Crippen LogP contribution < -0.4 is 0 Å². The molecule has 78 valence electrons. The zero-order valence-electron chi connectivity index (χ0n) is 8.37. The molecule has 0 aromatic heterocycles. The third-order valence-electron chi connectivity index (χ3n) is 2.84. The Balaban J connectivity index is 2.42. The highest BCUT2D eigenvalue weighted by Crippen LogP contribution is 2.36. The Morgan fingerprint density at radius 1 is 1.40 bits per heavy atom. The first-order valence-electron chi connectivity index (χ1n) is 5.02. The molecule has 1 aromatic rings. The monoisotopic (exact) mass is 265 g/mol. The molecule has 0 unspecified atom stereocenters. The quantitative estimate of drug-likeness (QED) is 0.782. The van der Waals surface area contributed by atoms with Gasteiger partial charge < -0.3 is 4.74 Å². The number of nitrogens with zero attached hydrogens (tertiary/aromatic N) is 1. The molecule has 1 heterocycles. The van der Waals surface area contributed by atoms with Crippen LogP contribution in [0.1, 0.15) is 18.4 Å². The van der Waals surface area contributed by atoms with Crippen LogP contribution in [0.5, 0.6) is 0 Å². The molecule has 0 saturated carbocycles. The maximum absolute atomic E-state index is 9.37. The van der Waals surface area contributed by atoms with Gasteiger partial charge in [0.2, 0.25) is 0 Å². The second-order valence-electron chi connectivity index (χ2n) is 3.83. The van der Waals surface area contributed by atoms with Gasteiger partial charge in [-0.1, -0.05) is 34.1 Å². The smallest absolute Gasteiger partial charge is 0.107 e. The molecular formula is C12H12BrNO. The highest BCUT2D eigenvalue weighted by Gasteiger charge is 2.36. The first-order valence-corrected chi connectivity index (χ1v) is 5.82. The molecule has 1 saturated heterocycles. The summed E-state index contributed by atoms with van der Waals surface area (Å²) in [6, 6.07) is 10.3. The van der Waals surface area contributed by atoms with Gasteiger partial charge in [0.05, 0.1) is 12.7 Å². The fourth-order valence-corrected chi connectivity index (χ4v) is 2.67. The van der Waals surface area contributed by atoms with E-state index in [1.54, 1.807) is 0 Å². The molecule has 0 N–H and O–H groups in total. The second kappa shape index (κ2) is 4.34. The van der Waals surface area contributed by atoms with E-state index in [-0.39, 0.29) is 0 Å². The molecule has 1 aliphatic rings. The Morgan fingerprint density at radius 3 is 2.80 bits per heavy atom. The molecular weight excluding hydrogens is 254 g/mol. The van der Waals surface area contributed by atoms with Gasteiger partial charge in [0, 0.05) is 11.1 Å². The molecule has 2 nitrogen and oxygen atoms in total. The summed E-state index contributed by atoms with van der Waals surface area (Å²) in [6.45, 7) is 1.28. The second-order valence-corrected chi connectivity index (χ2v) is 4.68. The number of hydrogen-bond acceptors (Lipinski definition) is 2. The lowest BCUT2D eigenvalue weighted by molar-refractivity contribution is 0.0560. The summed E-state index contributed by atoms with van der Waals surface area (Å²) >= 11 is 3.50. The van der Waals surface area contributed by atoms with Crippen molar-refractivity contribution in [3.05, 3.63) is 34.3 Å². The van der Waals surface area contributed by atoms with Crippen molar-refractivity contribution >= 4 is 15.9 Å². The zero-order valence-corrected chi connectivity index (χ0v) is 9.96. The van der Waals surface area contributed by atoms with Crippen LogP contribution in [0.4, 0.5) is 0 Å². The molecule has 0 aliphatic carbocycles. The Kier molecular flexibility index (Phi) is 3.08. The van der Waals surface area contributed by atoms with Gasteiger partial charge in [-0.15, -0.1) is 0 Å². The maximum Gasteiger partial charge on any atom is 0.107 e. The van der Waals surface area contributed by atoms with Crippen molar-refractivity contribution in [3.8, 4) is 6.07 Å². The number of nitriles is 1. The minimum absolute atomic E-state index is 0.460. The molecule has 1 aliphatic heterocycles. The molecule has 1 atom stereocenters. The fourth-order valence-electron chi connectivity index (χ4n) is 2.00. The van der Waals surface area contributed by atoms with Crippen LogP contribution in [0.2, 0.25) is 0 Å². The van der Waals surface area contributed by atoms with Crippen LogP contribution in [0, 0.1) is 11.3 Å². The molecule has 0 radical (unpaired) electrons. The topological polar surface area (TPSA) is 33.0 Å². The van der Waals surface area contributed by atoms with Crippen molar-refractivity contribution < 1.29 is 4.74 Å². The van der Waals surface area contributed by atoms with E-state index in [1.807, 2.05) is 24.3 Å². The first-order chi connectivity index (χ1) is 7.28. The molecule has 0 amide bonds. The van der Waals surface area contributed by atoms with Gasteiger partial charge in [0.15, 0.2) is 0 Å². The van der Waals surface area contributed by atoms with Crippen molar-refractivity contribution in [1.82, 2.24) is 0 Å². The Labute approximate surface area is 98.0 Å². The number of hydrogen-bond donors (Lipinski definition) is 0. The van der Waals surface area contributed by atoms with E-state index in [0.29, 0.717) is 6.61 Å². The van der Waals surface area contributed by atoms with E-state index >= 15 is 0 Å². The van der Waals surface area contributed by atoms with E-state index < -0.39 is 5.41 Å². The molecule has 1 aromatic carbocycles. The SMILES string of the molecule is N#C[C@]1(c2ccccc2Br)CCCOC1. The number of ether oxygens (including phenoxy) is 1. The van der Waals surface area contributed by atoms with E-state index in [9.17, 15) is 5.26 Å². The minimum Gasteiger partial charge on any atom is -0.379 e. The summed E-state index contributed by atoms with van der Waals surface area (Å²) in [5, 5.41) is 9.37. The normalized spacial score (nSPS) is 25.9. The largest absolute Gasteiger partial charge is 0.379 e. The Bertz CT molecular complexity index is 391. The average molecular weight is 266 g/mol. The van der Waals surface area contributed by atoms with Crippen molar-refractivity contribution in [2.45, 2.75) is 18.3 Å². The van der Waals surface area contributed by atoms with Crippen LogP contribution in [0.3, 0.4) is 0 Å². The minimum atomic E-state index is -0.460. The highest BCUT2D eigenvalue weighted by atomic mass is 79.9. The van der Waals surface area contributed by atoms with Crippen LogP contribution in [0.25, 0.3) is 0 Å². The van der Waals surface area contributed by atoms with Gasteiger partial charge in [-0.05, 0) is 24.5 Å². The summed E-state index contributed by atoms with van der Waals surface area (Å²) in [7, 11) is 0. The number of rotatable bonds is 1. The van der Waals surface area contributed by atoms with Crippen molar-refractivity contribution in [2.24, 2.45) is 0 Å². The average Bonchev–Trinajstić information content (AvgIpc) is 2.30. The predicted octanol–water partition coefficient (Wildman–Crippen LogP) is 3.02. The predicted molar refractivity (Wildman–Crippen MR) is 61.5 cm³/mol. The van der Waals surface area contributed by atoms with Crippen molar-refractivity contribution in [3.63, 3.8) is 0 Å². The van der Waals surface area contributed by atoms with E-state index in [4.69, 9.17) is 4.74 Å². The van der Waals surface area contributed by atoms with Gasteiger partial charge in [0.25, 0.3) is 0 Å². The fraction of sp³-hybridized carbons (Fsp3) is 0.417. The van der Waals surface area contributed by atoms with Gasteiger partial charge >= 0.3 is 0 Å². The lowest BCUT2D eigenvalue weighted by Crippen LogP contribution is -2.34. The van der Waals surface area contributed by atoms with Crippen molar-refractivity contribution in [2.75, 3.05) is 13.2 Å². The van der Waals surface area contributed by atoms with Crippen LogP contribution >= 0.6 is 15.9 Å². The molecule has 3 heteroatoms. The third-order valence-corrected chi connectivity index (χ3v) is 3.54. The van der Waals surface area contributed by atoms with Crippen LogP contribution in [-0.4, -0.2) is 13.2 Å². The summed E-state index contributed by atoms with van der Waals surface area (Å²) in [5.41, 5.74) is 0.588. The summed E-state index contributed by atoms with van der Waals surface area (Å²) in [4.78, 5) is 0. The molecule has 0 bridgehead atoms. The maximum atomic E-state index is 9.37. The summed E-state index contributed by atoms with van der Waals surface area (Å²) in [6.07, 6.45) is 1.83. The standard InChI is InChI=1S/C12H12BrNO/c13-11-5-2-1-4-10(11)12(8-14)6-3-7-15-9-12/h1-2,4-5H,3,6-7,9H2/t12-/m1/s1. The lowest BCUT2D eigenvalue weighted by atomic mass is 9.77. The van der Waals surface area contributed by atoms with Gasteiger partial charge in [-0.2, -0.15) is 5.26 Å². The summed E-state index contributed by atoms with van der Waals surface area (Å²) in [5.74, 6) is 0. The van der Waals surface area contributed by atoms with Gasteiger partial charge in [-0.25, -0.2) is 0 Å². The third kappa shape index (κ3) is 1.92. The zero-order chi connectivity index (χ0) is 10.7. The first kappa shape index (κ1) is 10.7.